The highest BCUT2D eigenvalue weighted by Crippen LogP contribution is 2.38. The second kappa shape index (κ2) is 4.49. The fraction of sp³-hybridized carbons (Fsp3) is 0.231. The number of hydrogen-bond acceptors (Lipinski definition) is 4. The first-order valence-electron chi connectivity index (χ1n) is 5.87. The number of aromatic amines is 1. The van der Waals surface area contributed by atoms with Crippen molar-refractivity contribution in [1.82, 2.24) is 9.55 Å². The van der Waals surface area contributed by atoms with E-state index < -0.39 is 23.6 Å². The highest BCUT2D eigenvalue weighted by molar-refractivity contribution is 5.34. The molecule has 0 aliphatic carbocycles. The molecule has 0 unspecified atom stereocenters. The third-order valence-electron chi connectivity index (χ3n) is 3.17. The van der Waals surface area contributed by atoms with E-state index in [1.165, 1.54) is 16.8 Å². The zero-order valence-electron chi connectivity index (χ0n) is 9.95. The molecule has 1 aliphatic heterocycles. The van der Waals surface area contributed by atoms with Crippen LogP contribution in [-0.2, 0) is 4.74 Å². The third-order valence-corrected chi connectivity index (χ3v) is 3.17. The number of aliphatic hydroxyl groups excluding tert-OH is 1. The van der Waals surface area contributed by atoms with E-state index in [0.29, 0.717) is 0 Å². The SMILES string of the molecule is O=c1ccn([C@H]2O[C@@H](CO)c3ccccc32)c(=O)[nH]1. The topological polar surface area (TPSA) is 84.3 Å². The largest absolute Gasteiger partial charge is 0.393 e. The maximum atomic E-state index is 11.8. The fourth-order valence-electron chi connectivity index (χ4n) is 2.30. The van der Waals surface area contributed by atoms with Crippen LogP contribution in [0.4, 0.5) is 0 Å². The van der Waals surface area contributed by atoms with Gasteiger partial charge in [-0.05, 0) is 5.56 Å². The standard InChI is InChI=1S/C13H12N2O4/c16-7-10-8-3-1-2-4-9(8)12(19-10)15-6-5-11(17)14-13(15)18/h1-6,10,12,16H,7H2,(H,14,17,18)/t10-,12-/m0/s1. The van der Waals surface area contributed by atoms with Crippen molar-refractivity contribution in [3.63, 3.8) is 0 Å². The Morgan fingerprint density at radius 1 is 1.21 bits per heavy atom. The molecule has 1 aliphatic rings. The minimum absolute atomic E-state index is 0.161. The Morgan fingerprint density at radius 3 is 2.63 bits per heavy atom. The Hall–Kier alpha value is -2.18. The number of nitrogens with zero attached hydrogens (tertiary/aromatic N) is 1. The van der Waals surface area contributed by atoms with Gasteiger partial charge in [0, 0.05) is 17.8 Å². The number of hydrogen-bond donors (Lipinski definition) is 2. The molecule has 0 bridgehead atoms. The summed E-state index contributed by atoms with van der Waals surface area (Å²) in [5.41, 5.74) is 0.681. The molecule has 3 rings (SSSR count). The summed E-state index contributed by atoms with van der Waals surface area (Å²) in [6, 6.07) is 8.65. The predicted octanol–water partition coefficient (Wildman–Crippen LogP) is 0.147. The minimum atomic E-state index is -0.627. The van der Waals surface area contributed by atoms with Crippen molar-refractivity contribution < 1.29 is 9.84 Å². The Morgan fingerprint density at radius 2 is 1.95 bits per heavy atom. The molecule has 0 amide bonds. The Bertz CT molecular complexity index is 719. The molecule has 98 valence electrons. The third kappa shape index (κ3) is 1.91. The van der Waals surface area contributed by atoms with Crippen LogP contribution in [0.2, 0.25) is 0 Å². The van der Waals surface area contributed by atoms with Gasteiger partial charge in [0.25, 0.3) is 5.56 Å². The number of nitrogens with one attached hydrogen (secondary N) is 1. The van der Waals surface area contributed by atoms with E-state index in [0.717, 1.165) is 11.1 Å². The molecule has 0 spiro atoms. The molecule has 1 aromatic heterocycles. The molecule has 0 saturated carbocycles. The van der Waals surface area contributed by atoms with E-state index in [1.807, 2.05) is 24.3 Å². The van der Waals surface area contributed by atoms with Gasteiger partial charge >= 0.3 is 5.69 Å². The Balaban J connectivity index is 2.13. The number of benzene rings is 1. The summed E-state index contributed by atoms with van der Waals surface area (Å²) in [7, 11) is 0. The Kier molecular flexibility index (Phi) is 2.81. The fourth-order valence-corrected chi connectivity index (χ4v) is 2.30. The molecule has 0 radical (unpaired) electrons. The normalized spacial score (nSPS) is 21.3. The first-order chi connectivity index (χ1) is 9.20. The van der Waals surface area contributed by atoms with Gasteiger partial charge in [-0.3, -0.25) is 14.3 Å². The van der Waals surface area contributed by atoms with Gasteiger partial charge in [-0.1, -0.05) is 24.3 Å². The van der Waals surface area contributed by atoms with Gasteiger partial charge in [0.05, 0.1) is 6.61 Å². The van der Waals surface area contributed by atoms with Crippen molar-refractivity contribution in [2.75, 3.05) is 6.61 Å². The molecule has 19 heavy (non-hydrogen) atoms. The van der Waals surface area contributed by atoms with Crippen LogP contribution in [0.3, 0.4) is 0 Å². The highest BCUT2D eigenvalue weighted by atomic mass is 16.5. The lowest BCUT2D eigenvalue weighted by Crippen LogP contribution is -2.31. The van der Waals surface area contributed by atoms with Gasteiger partial charge in [0.1, 0.15) is 6.10 Å². The molecular formula is C13H12N2O4. The second-order valence-corrected chi connectivity index (χ2v) is 4.31. The summed E-state index contributed by atoms with van der Waals surface area (Å²) in [6.07, 6.45) is 0.306. The van der Waals surface area contributed by atoms with Crippen LogP contribution in [-0.4, -0.2) is 21.3 Å². The van der Waals surface area contributed by atoms with E-state index in [4.69, 9.17) is 4.74 Å². The van der Waals surface area contributed by atoms with Gasteiger partial charge in [-0.25, -0.2) is 4.79 Å². The zero-order valence-corrected chi connectivity index (χ0v) is 9.95. The van der Waals surface area contributed by atoms with E-state index in [-0.39, 0.29) is 6.61 Å². The molecule has 0 saturated heterocycles. The molecule has 0 fully saturated rings. The van der Waals surface area contributed by atoms with E-state index in [9.17, 15) is 14.7 Å². The van der Waals surface area contributed by atoms with Gasteiger partial charge in [0.2, 0.25) is 0 Å². The average Bonchev–Trinajstić information content (AvgIpc) is 2.78. The highest BCUT2D eigenvalue weighted by Gasteiger charge is 2.32. The van der Waals surface area contributed by atoms with Crippen LogP contribution in [0.25, 0.3) is 0 Å². The van der Waals surface area contributed by atoms with Crippen molar-refractivity contribution >= 4 is 0 Å². The van der Waals surface area contributed by atoms with Gasteiger partial charge in [-0.15, -0.1) is 0 Å². The maximum absolute atomic E-state index is 11.8. The summed E-state index contributed by atoms with van der Waals surface area (Å²) in [5, 5.41) is 9.32. The first kappa shape index (κ1) is 11.9. The summed E-state index contributed by atoms with van der Waals surface area (Å²) < 4.78 is 6.98. The summed E-state index contributed by atoms with van der Waals surface area (Å²) in [4.78, 5) is 25.1. The van der Waals surface area contributed by atoms with Gasteiger partial charge < -0.3 is 9.84 Å². The summed E-state index contributed by atoms with van der Waals surface area (Å²) in [6.45, 7) is -0.161. The second-order valence-electron chi connectivity index (χ2n) is 4.31. The van der Waals surface area contributed by atoms with Crippen molar-refractivity contribution in [1.29, 1.82) is 0 Å². The minimum Gasteiger partial charge on any atom is -0.393 e. The van der Waals surface area contributed by atoms with Crippen molar-refractivity contribution in [2.24, 2.45) is 0 Å². The number of rotatable bonds is 2. The van der Waals surface area contributed by atoms with Gasteiger partial charge in [-0.2, -0.15) is 0 Å². The number of ether oxygens (including phenoxy) is 1. The molecule has 6 nitrogen and oxygen atoms in total. The van der Waals surface area contributed by atoms with Crippen LogP contribution in [0.5, 0.6) is 0 Å². The number of aliphatic hydroxyl groups is 1. The van der Waals surface area contributed by atoms with Crippen LogP contribution in [0.15, 0.2) is 46.1 Å². The van der Waals surface area contributed by atoms with Crippen LogP contribution >= 0.6 is 0 Å². The molecule has 2 N–H and O–H groups in total. The molecular weight excluding hydrogens is 248 g/mol. The molecule has 2 heterocycles. The lowest BCUT2D eigenvalue weighted by atomic mass is 10.0. The number of fused-ring (bicyclic) bond motifs is 1. The smallest absolute Gasteiger partial charge is 0.330 e. The first-order valence-corrected chi connectivity index (χ1v) is 5.87. The van der Waals surface area contributed by atoms with E-state index in [1.54, 1.807) is 0 Å². The van der Waals surface area contributed by atoms with Crippen LogP contribution in [0.1, 0.15) is 23.5 Å². The van der Waals surface area contributed by atoms with Crippen molar-refractivity contribution in [3.05, 3.63) is 68.5 Å². The number of aromatic nitrogens is 2. The monoisotopic (exact) mass is 260 g/mol. The lowest BCUT2D eigenvalue weighted by molar-refractivity contribution is -0.0341. The summed E-state index contributed by atoms with van der Waals surface area (Å²) >= 11 is 0. The van der Waals surface area contributed by atoms with Crippen LogP contribution in [0, 0.1) is 0 Å². The molecule has 2 atom stereocenters. The van der Waals surface area contributed by atoms with E-state index in [2.05, 4.69) is 4.98 Å². The summed E-state index contributed by atoms with van der Waals surface area (Å²) in [5.74, 6) is 0. The van der Waals surface area contributed by atoms with Crippen LogP contribution < -0.4 is 11.2 Å². The van der Waals surface area contributed by atoms with Gasteiger partial charge in [0.15, 0.2) is 6.23 Å². The quantitative estimate of drug-likeness (QED) is 0.804. The number of H-pyrrole nitrogens is 1. The maximum Gasteiger partial charge on any atom is 0.330 e. The van der Waals surface area contributed by atoms with Crippen molar-refractivity contribution in [2.45, 2.75) is 12.3 Å². The van der Waals surface area contributed by atoms with Crippen molar-refractivity contribution in [3.8, 4) is 0 Å². The zero-order chi connectivity index (χ0) is 13.4. The van der Waals surface area contributed by atoms with E-state index >= 15 is 0 Å². The Labute approximate surface area is 107 Å². The average molecular weight is 260 g/mol. The molecule has 6 heteroatoms. The lowest BCUT2D eigenvalue weighted by Gasteiger charge is -2.15. The molecule has 2 aromatic rings. The predicted molar refractivity (Wildman–Crippen MR) is 66.8 cm³/mol. The molecule has 1 aromatic carbocycles.